The average molecular weight is 371 g/mol. The number of rotatable bonds is 4. The molecular formula is C20H19F2N3O2. The fourth-order valence-corrected chi connectivity index (χ4v) is 3.33. The van der Waals surface area contributed by atoms with E-state index in [0.717, 1.165) is 12.8 Å². The van der Waals surface area contributed by atoms with E-state index < -0.39 is 17.6 Å². The van der Waals surface area contributed by atoms with Crippen molar-refractivity contribution >= 4 is 29.2 Å². The number of hydrogen-bond acceptors (Lipinski definition) is 4. The molecule has 2 N–H and O–H groups in total. The van der Waals surface area contributed by atoms with Gasteiger partial charge in [0.05, 0.1) is 11.4 Å². The minimum atomic E-state index is -0.622. The molecule has 1 fully saturated rings. The first-order valence-corrected chi connectivity index (χ1v) is 8.88. The summed E-state index contributed by atoms with van der Waals surface area (Å²) in [5.74, 6) is -1.71. The molecule has 0 aromatic heterocycles. The smallest absolute Gasteiger partial charge is 0.237 e. The van der Waals surface area contributed by atoms with Crippen LogP contribution in [0.3, 0.4) is 0 Å². The van der Waals surface area contributed by atoms with E-state index in [4.69, 9.17) is 4.74 Å². The number of anilines is 2. The lowest BCUT2D eigenvalue weighted by Gasteiger charge is -2.24. The van der Waals surface area contributed by atoms with E-state index in [2.05, 4.69) is 15.6 Å². The van der Waals surface area contributed by atoms with Crippen LogP contribution in [0.2, 0.25) is 0 Å². The Kier molecular flexibility index (Phi) is 4.85. The van der Waals surface area contributed by atoms with Crippen LogP contribution < -0.4 is 10.6 Å². The van der Waals surface area contributed by atoms with Crippen LogP contribution in [0.1, 0.15) is 24.3 Å². The Morgan fingerprint density at radius 3 is 2.74 bits per heavy atom. The third-order valence-corrected chi connectivity index (χ3v) is 4.80. The molecule has 1 amide bonds. The molecule has 0 aliphatic carbocycles. The molecule has 2 aromatic rings. The summed E-state index contributed by atoms with van der Waals surface area (Å²) in [5, 5.41) is 5.82. The fraction of sp³-hybridized carbons (Fsp3) is 0.300. The van der Waals surface area contributed by atoms with E-state index in [1.807, 2.05) is 0 Å². The molecule has 0 radical (unpaired) electrons. The minimum absolute atomic E-state index is 0.196. The quantitative estimate of drug-likeness (QED) is 0.799. The number of carbonyl (C=O) groups is 1. The fourth-order valence-electron chi connectivity index (χ4n) is 3.33. The van der Waals surface area contributed by atoms with Crippen molar-refractivity contribution in [1.82, 2.24) is 0 Å². The Balaban J connectivity index is 1.48. The van der Waals surface area contributed by atoms with Crippen LogP contribution in [0.5, 0.6) is 0 Å². The van der Waals surface area contributed by atoms with Crippen molar-refractivity contribution in [2.75, 3.05) is 23.8 Å². The van der Waals surface area contributed by atoms with Crippen LogP contribution in [0.4, 0.5) is 25.8 Å². The highest BCUT2D eigenvalue weighted by molar-refractivity contribution is 6.12. The zero-order valence-electron chi connectivity index (χ0n) is 14.5. The van der Waals surface area contributed by atoms with Crippen LogP contribution in [0, 0.1) is 11.6 Å². The second kappa shape index (κ2) is 7.44. The lowest BCUT2D eigenvalue weighted by molar-refractivity contribution is -0.115. The number of amides is 1. The van der Waals surface area contributed by atoms with Gasteiger partial charge in [-0.1, -0.05) is 6.07 Å². The monoisotopic (exact) mass is 371 g/mol. The number of nitrogens with one attached hydrogen (secondary N) is 2. The van der Waals surface area contributed by atoms with Gasteiger partial charge in [-0.25, -0.2) is 8.78 Å². The van der Waals surface area contributed by atoms with Gasteiger partial charge in [0.2, 0.25) is 5.91 Å². The number of benzene rings is 2. The van der Waals surface area contributed by atoms with Gasteiger partial charge in [0.1, 0.15) is 17.6 Å². The zero-order chi connectivity index (χ0) is 18.8. The standard InChI is InChI=1S/C20H19F2N3O2/c21-12-1-3-15-16(20(26)25-19(15)9-12)11-23-14-2-4-18(17(22)10-14)24-13-5-7-27-8-6-13/h1-4,9-11,13,16,24H,5-8H2,(H,25,26). The third-order valence-electron chi connectivity index (χ3n) is 4.80. The van der Waals surface area contributed by atoms with Crippen molar-refractivity contribution in [1.29, 1.82) is 0 Å². The summed E-state index contributed by atoms with van der Waals surface area (Å²) >= 11 is 0. The van der Waals surface area contributed by atoms with Crippen molar-refractivity contribution in [3.8, 4) is 0 Å². The molecule has 0 saturated carbocycles. The molecule has 4 rings (SSSR count). The van der Waals surface area contributed by atoms with E-state index in [-0.39, 0.29) is 11.9 Å². The second-order valence-corrected chi connectivity index (χ2v) is 6.67. The summed E-state index contributed by atoms with van der Waals surface area (Å²) in [7, 11) is 0. The van der Waals surface area contributed by atoms with Crippen molar-refractivity contribution in [2.24, 2.45) is 4.99 Å². The number of ether oxygens (including phenoxy) is 1. The van der Waals surface area contributed by atoms with Gasteiger partial charge < -0.3 is 15.4 Å². The maximum Gasteiger partial charge on any atom is 0.237 e. The Bertz CT molecular complexity index is 895. The molecule has 2 aromatic carbocycles. The highest BCUT2D eigenvalue weighted by atomic mass is 19.1. The van der Waals surface area contributed by atoms with Gasteiger partial charge in [-0.2, -0.15) is 0 Å². The minimum Gasteiger partial charge on any atom is -0.381 e. The Labute approximate surface area is 155 Å². The van der Waals surface area contributed by atoms with E-state index >= 15 is 0 Å². The summed E-state index contributed by atoms with van der Waals surface area (Å²) in [6.07, 6.45) is 3.14. The number of hydrogen-bond donors (Lipinski definition) is 2. The first kappa shape index (κ1) is 17.6. The molecule has 2 aliphatic heterocycles. The average Bonchev–Trinajstić information content (AvgIpc) is 2.97. The van der Waals surface area contributed by atoms with E-state index in [0.29, 0.717) is 35.8 Å². The molecule has 2 aliphatic rings. The van der Waals surface area contributed by atoms with Crippen LogP contribution >= 0.6 is 0 Å². The maximum atomic E-state index is 14.4. The van der Waals surface area contributed by atoms with Crippen molar-refractivity contribution < 1.29 is 18.3 Å². The number of aliphatic imine (C=N–C) groups is 1. The molecule has 2 heterocycles. The Hall–Kier alpha value is -2.80. The first-order chi connectivity index (χ1) is 13.1. The van der Waals surface area contributed by atoms with Crippen LogP contribution in [-0.2, 0) is 9.53 Å². The van der Waals surface area contributed by atoms with Gasteiger partial charge in [-0.05, 0) is 42.7 Å². The zero-order valence-corrected chi connectivity index (χ0v) is 14.5. The highest BCUT2D eigenvalue weighted by Gasteiger charge is 2.29. The number of carbonyl (C=O) groups excluding carboxylic acids is 1. The van der Waals surface area contributed by atoms with Crippen molar-refractivity contribution in [2.45, 2.75) is 24.8 Å². The summed E-state index contributed by atoms with van der Waals surface area (Å²) < 4.78 is 33.0. The van der Waals surface area contributed by atoms with Crippen molar-refractivity contribution in [3.05, 3.63) is 53.6 Å². The van der Waals surface area contributed by atoms with Crippen LogP contribution in [0.15, 0.2) is 41.4 Å². The summed E-state index contributed by atoms with van der Waals surface area (Å²) in [4.78, 5) is 16.3. The van der Waals surface area contributed by atoms with Crippen molar-refractivity contribution in [3.63, 3.8) is 0 Å². The first-order valence-electron chi connectivity index (χ1n) is 8.88. The number of fused-ring (bicyclic) bond motifs is 1. The van der Waals surface area contributed by atoms with Gasteiger partial charge in [0, 0.05) is 37.2 Å². The number of nitrogens with zero attached hydrogens (tertiary/aromatic N) is 1. The molecule has 1 saturated heterocycles. The predicted octanol–water partition coefficient (Wildman–Crippen LogP) is 3.99. The van der Waals surface area contributed by atoms with Gasteiger partial charge in [-0.3, -0.25) is 9.79 Å². The second-order valence-electron chi connectivity index (χ2n) is 6.67. The lowest BCUT2D eigenvalue weighted by Crippen LogP contribution is -2.28. The lowest BCUT2D eigenvalue weighted by atomic mass is 10.0. The molecule has 5 nitrogen and oxygen atoms in total. The Morgan fingerprint density at radius 2 is 1.96 bits per heavy atom. The SMILES string of the molecule is O=C1Nc2cc(F)ccc2C1C=Nc1ccc(NC2CCOCC2)c(F)c1. The molecular weight excluding hydrogens is 352 g/mol. The molecule has 27 heavy (non-hydrogen) atoms. The van der Waals surface area contributed by atoms with Crippen LogP contribution in [-0.4, -0.2) is 31.4 Å². The molecule has 140 valence electrons. The normalized spacial score (nSPS) is 19.9. The van der Waals surface area contributed by atoms with E-state index in [1.165, 1.54) is 24.4 Å². The summed E-state index contributed by atoms with van der Waals surface area (Å²) in [5.41, 5.74) is 1.94. The molecule has 1 unspecified atom stereocenters. The van der Waals surface area contributed by atoms with E-state index in [9.17, 15) is 13.6 Å². The summed E-state index contributed by atoms with van der Waals surface area (Å²) in [6, 6.07) is 9.00. The molecule has 7 heteroatoms. The molecule has 0 bridgehead atoms. The van der Waals surface area contributed by atoms with Gasteiger partial charge >= 0.3 is 0 Å². The third kappa shape index (κ3) is 3.83. The predicted molar refractivity (Wildman–Crippen MR) is 99.8 cm³/mol. The Morgan fingerprint density at radius 1 is 1.15 bits per heavy atom. The van der Waals surface area contributed by atoms with Gasteiger partial charge in [0.25, 0.3) is 0 Å². The van der Waals surface area contributed by atoms with Crippen LogP contribution in [0.25, 0.3) is 0 Å². The summed E-state index contributed by atoms with van der Waals surface area (Å²) in [6.45, 7) is 1.35. The molecule has 0 spiro atoms. The largest absolute Gasteiger partial charge is 0.381 e. The van der Waals surface area contributed by atoms with E-state index in [1.54, 1.807) is 18.2 Å². The molecule has 1 atom stereocenters. The topological polar surface area (TPSA) is 62.7 Å². The number of halogens is 2. The maximum absolute atomic E-state index is 14.4. The van der Waals surface area contributed by atoms with Gasteiger partial charge in [-0.15, -0.1) is 0 Å². The van der Waals surface area contributed by atoms with Gasteiger partial charge in [0.15, 0.2) is 0 Å². The highest BCUT2D eigenvalue weighted by Crippen LogP contribution is 2.32.